The summed E-state index contributed by atoms with van der Waals surface area (Å²) in [5.74, 6) is 2.70. The summed E-state index contributed by atoms with van der Waals surface area (Å²) < 4.78 is 18.0. The van der Waals surface area contributed by atoms with Crippen LogP contribution < -0.4 is 19.7 Å². The highest BCUT2D eigenvalue weighted by Crippen LogP contribution is 2.33. The number of rotatable bonds is 7. The van der Waals surface area contributed by atoms with E-state index in [2.05, 4.69) is 15.3 Å². The summed E-state index contributed by atoms with van der Waals surface area (Å²) in [6.07, 6.45) is 5.10. The van der Waals surface area contributed by atoms with Crippen LogP contribution >= 0.6 is 0 Å². The summed E-state index contributed by atoms with van der Waals surface area (Å²) >= 11 is 0. The van der Waals surface area contributed by atoms with Crippen LogP contribution in [0.1, 0.15) is 25.3 Å². The molecule has 2 aliphatic rings. The molecule has 0 saturated carbocycles. The number of hydrogen-bond acceptors (Lipinski definition) is 9. The molecule has 1 saturated heterocycles. The number of anilines is 2. The fourth-order valence-corrected chi connectivity index (χ4v) is 4.76. The van der Waals surface area contributed by atoms with Gasteiger partial charge in [-0.05, 0) is 61.7 Å². The van der Waals surface area contributed by atoms with Crippen LogP contribution in [0.2, 0.25) is 0 Å². The van der Waals surface area contributed by atoms with Crippen molar-refractivity contribution in [2.24, 2.45) is 5.92 Å². The Morgan fingerprint density at radius 3 is 2.78 bits per heavy atom. The largest absolute Gasteiger partial charge is 0.466 e. The van der Waals surface area contributed by atoms with E-state index in [0.29, 0.717) is 32.2 Å². The number of benzene rings is 2. The molecule has 0 spiro atoms. The normalized spacial score (nSPS) is 15.2. The zero-order valence-electron chi connectivity index (χ0n) is 20.6. The smallest absolute Gasteiger partial charge is 0.309 e. The highest BCUT2D eigenvalue weighted by Gasteiger charge is 2.27. The van der Waals surface area contributed by atoms with Crippen molar-refractivity contribution in [2.75, 3.05) is 36.7 Å². The second-order valence-electron chi connectivity index (χ2n) is 9.08. The third-order valence-corrected chi connectivity index (χ3v) is 6.73. The van der Waals surface area contributed by atoms with Crippen LogP contribution in [0.25, 0.3) is 16.6 Å². The second kappa shape index (κ2) is 9.96. The Morgan fingerprint density at radius 2 is 1.97 bits per heavy atom. The first-order chi connectivity index (χ1) is 18.2. The third kappa shape index (κ3) is 4.74. The Bertz CT molecular complexity index is 1420. The highest BCUT2D eigenvalue weighted by molar-refractivity contribution is 5.91. The predicted molar refractivity (Wildman–Crippen MR) is 138 cm³/mol. The lowest BCUT2D eigenvalue weighted by Crippen LogP contribution is -2.38. The quantitative estimate of drug-likeness (QED) is 0.378. The number of ether oxygens (including phenoxy) is 3. The molecule has 2 aromatic heterocycles. The molecule has 0 bridgehead atoms. The molecule has 2 aromatic carbocycles. The van der Waals surface area contributed by atoms with Crippen molar-refractivity contribution in [3.05, 3.63) is 60.4 Å². The lowest BCUT2D eigenvalue weighted by atomic mass is 9.97. The molecule has 0 amide bonds. The lowest BCUT2D eigenvalue weighted by Gasteiger charge is -2.31. The molecule has 10 nitrogen and oxygen atoms in total. The molecule has 37 heavy (non-hydrogen) atoms. The van der Waals surface area contributed by atoms with E-state index in [1.54, 1.807) is 6.20 Å². The number of carbonyl (C=O) groups is 1. The van der Waals surface area contributed by atoms with E-state index in [1.165, 1.54) is 0 Å². The van der Waals surface area contributed by atoms with Gasteiger partial charge in [0.2, 0.25) is 12.7 Å². The topological polar surface area (TPSA) is 104 Å². The fraction of sp³-hybridized carbons (Fsp3) is 0.333. The van der Waals surface area contributed by atoms with Gasteiger partial charge in [-0.15, -0.1) is 0 Å². The lowest BCUT2D eigenvalue weighted by molar-refractivity contribution is -0.148. The number of nitrogens with zero attached hydrogens (tertiary/aromatic N) is 5. The van der Waals surface area contributed by atoms with Crippen LogP contribution in [0.4, 0.5) is 11.8 Å². The van der Waals surface area contributed by atoms with Gasteiger partial charge >= 0.3 is 5.97 Å². The highest BCUT2D eigenvalue weighted by atomic mass is 16.7. The molecule has 0 radical (unpaired) electrons. The molecule has 6 rings (SSSR count). The number of nitrogens with one attached hydrogen (secondary N) is 1. The van der Waals surface area contributed by atoms with Gasteiger partial charge in [0.05, 0.1) is 23.7 Å². The molecule has 4 heterocycles. The second-order valence-corrected chi connectivity index (χ2v) is 9.08. The summed E-state index contributed by atoms with van der Waals surface area (Å²) in [7, 11) is 0. The maximum atomic E-state index is 12.2. The molecular weight excluding hydrogens is 472 g/mol. The summed E-state index contributed by atoms with van der Waals surface area (Å²) in [5.41, 5.74) is 2.81. The Labute approximate surface area is 214 Å². The Morgan fingerprint density at radius 1 is 1.11 bits per heavy atom. The SMILES string of the molecule is CCOC(=O)C1CCN(c2nc(NCc3ccc4c(c3)OCO4)c3cc(-n4cccn4)ccc3n2)CC1. The first-order valence-electron chi connectivity index (χ1n) is 12.5. The standard InChI is InChI=1S/C27H28N6O4/c1-2-35-26(34)19-8-12-32(13-9-19)27-30-22-6-5-20(33-11-3-10-29-33)15-21(22)25(31-27)28-16-18-4-7-23-24(14-18)37-17-36-23/h3-7,10-11,14-15,19H,2,8-9,12-13,16-17H2,1H3,(H,28,30,31). The van der Waals surface area contributed by atoms with Gasteiger partial charge in [-0.2, -0.15) is 10.1 Å². The van der Waals surface area contributed by atoms with Crippen LogP contribution in [0.3, 0.4) is 0 Å². The molecule has 4 aromatic rings. The average molecular weight is 501 g/mol. The molecular formula is C27H28N6O4. The van der Waals surface area contributed by atoms with Gasteiger partial charge in [-0.3, -0.25) is 4.79 Å². The number of carbonyl (C=O) groups excluding carboxylic acids is 1. The van der Waals surface area contributed by atoms with Gasteiger partial charge in [0.1, 0.15) is 5.82 Å². The van der Waals surface area contributed by atoms with Crippen LogP contribution in [0, 0.1) is 5.92 Å². The van der Waals surface area contributed by atoms with Crippen LogP contribution in [0.5, 0.6) is 11.5 Å². The van der Waals surface area contributed by atoms with Gasteiger partial charge < -0.3 is 24.4 Å². The minimum absolute atomic E-state index is 0.0723. The molecule has 190 valence electrons. The van der Waals surface area contributed by atoms with Crippen molar-refractivity contribution < 1.29 is 19.0 Å². The first kappa shape index (κ1) is 23.1. The molecule has 0 atom stereocenters. The van der Waals surface area contributed by atoms with Crippen molar-refractivity contribution >= 4 is 28.6 Å². The number of fused-ring (bicyclic) bond motifs is 2. The Balaban J connectivity index is 1.29. The molecule has 1 N–H and O–H groups in total. The Kier molecular flexibility index (Phi) is 6.21. The van der Waals surface area contributed by atoms with Crippen molar-refractivity contribution in [1.82, 2.24) is 19.7 Å². The maximum absolute atomic E-state index is 12.2. The third-order valence-electron chi connectivity index (χ3n) is 6.73. The average Bonchev–Trinajstić information content (AvgIpc) is 3.64. The summed E-state index contributed by atoms with van der Waals surface area (Å²) in [6, 6.07) is 13.8. The van der Waals surface area contributed by atoms with Gasteiger partial charge in [0, 0.05) is 37.4 Å². The molecule has 10 heteroatoms. The predicted octanol–water partition coefficient (Wildman–Crippen LogP) is 3.94. The van der Waals surface area contributed by atoms with E-state index in [9.17, 15) is 4.79 Å². The van der Waals surface area contributed by atoms with Gasteiger partial charge in [0.15, 0.2) is 11.5 Å². The zero-order chi connectivity index (χ0) is 25.2. The van der Waals surface area contributed by atoms with E-state index in [1.807, 2.05) is 60.3 Å². The van der Waals surface area contributed by atoms with Gasteiger partial charge in [0.25, 0.3) is 0 Å². The summed E-state index contributed by atoms with van der Waals surface area (Å²) in [6.45, 7) is 4.44. The van der Waals surface area contributed by atoms with Gasteiger partial charge in [-0.1, -0.05) is 6.07 Å². The van der Waals surface area contributed by atoms with Crippen molar-refractivity contribution in [3.63, 3.8) is 0 Å². The monoisotopic (exact) mass is 500 g/mol. The Hall–Kier alpha value is -4.34. The van der Waals surface area contributed by atoms with E-state index in [0.717, 1.165) is 52.3 Å². The van der Waals surface area contributed by atoms with Crippen molar-refractivity contribution in [3.8, 4) is 17.2 Å². The minimum atomic E-state index is -0.112. The summed E-state index contributed by atoms with van der Waals surface area (Å²) in [5, 5.41) is 8.77. The molecule has 1 fully saturated rings. The number of piperidine rings is 1. The van der Waals surface area contributed by atoms with E-state index in [-0.39, 0.29) is 18.7 Å². The van der Waals surface area contributed by atoms with Crippen LogP contribution in [-0.2, 0) is 16.1 Å². The van der Waals surface area contributed by atoms with Gasteiger partial charge in [-0.25, -0.2) is 9.67 Å². The van der Waals surface area contributed by atoms with Crippen molar-refractivity contribution in [2.45, 2.75) is 26.3 Å². The number of esters is 1. The van der Waals surface area contributed by atoms with E-state index < -0.39 is 0 Å². The number of hydrogen-bond donors (Lipinski definition) is 1. The van der Waals surface area contributed by atoms with Crippen molar-refractivity contribution in [1.29, 1.82) is 0 Å². The van der Waals surface area contributed by atoms with E-state index in [4.69, 9.17) is 24.2 Å². The molecule has 2 aliphatic heterocycles. The fourth-order valence-electron chi connectivity index (χ4n) is 4.76. The molecule has 0 aliphatic carbocycles. The van der Waals surface area contributed by atoms with Crippen LogP contribution in [-0.4, -0.2) is 52.2 Å². The maximum Gasteiger partial charge on any atom is 0.309 e. The summed E-state index contributed by atoms with van der Waals surface area (Å²) in [4.78, 5) is 24.2. The van der Waals surface area contributed by atoms with Crippen LogP contribution in [0.15, 0.2) is 54.9 Å². The first-order valence-corrected chi connectivity index (χ1v) is 12.5. The number of aromatic nitrogens is 4. The zero-order valence-corrected chi connectivity index (χ0v) is 20.6. The minimum Gasteiger partial charge on any atom is -0.466 e. The molecule has 0 unspecified atom stereocenters. The van der Waals surface area contributed by atoms with E-state index >= 15 is 0 Å².